The van der Waals surface area contributed by atoms with Crippen LogP contribution in [-0.4, -0.2) is 35.9 Å². The summed E-state index contributed by atoms with van der Waals surface area (Å²) in [7, 11) is 1.57. The zero-order chi connectivity index (χ0) is 13.0. The number of hydrogen-bond acceptors (Lipinski definition) is 4. The number of aromatic carboxylic acids is 1. The molecule has 1 atom stereocenters. The van der Waals surface area contributed by atoms with Crippen LogP contribution in [0.5, 0.6) is 5.75 Å². The lowest BCUT2D eigenvalue weighted by Gasteiger charge is -2.16. The predicted molar refractivity (Wildman–Crippen MR) is 62.6 cm³/mol. The summed E-state index contributed by atoms with van der Waals surface area (Å²) in [6, 6.07) is 1.63. The van der Waals surface area contributed by atoms with Gasteiger partial charge in [0.15, 0.2) is 0 Å². The Labute approximate surface area is 100 Å². The lowest BCUT2D eigenvalue weighted by Crippen LogP contribution is -2.20. The number of nitrogens with zero attached hydrogens (tertiary/aromatic N) is 1. The molecule has 0 radical (unpaired) electrons. The fraction of sp³-hybridized carbons (Fsp3) is 0.500. The van der Waals surface area contributed by atoms with Crippen molar-refractivity contribution in [1.29, 1.82) is 0 Å². The van der Waals surface area contributed by atoms with Crippen LogP contribution in [0.2, 0.25) is 0 Å². The number of carbonyl (C=O) groups is 1. The second kappa shape index (κ2) is 5.63. The maximum Gasteiger partial charge on any atom is 0.341 e. The van der Waals surface area contributed by atoms with Crippen molar-refractivity contribution >= 4 is 5.97 Å². The number of aromatic nitrogens is 1. The highest BCUT2D eigenvalue weighted by molar-refractivity contribution is 5.92. The number of methoxy groups -OCH3 is 1. The Morgan fingerprint density at radius 3 is 2.71 bits per heavy atom. The van der Waals surface area contributed by atoms with Crippen molar-refractivity contribution in [3.8, 4) is 5.75 Å². The molecule has 1 heterocycles. The van der Waals surface area contributed by atoms with Crippen LogP contribution in [0.4, 0.5) is 0 Å². The van der Waals surface area contributed by atoms with Gasteiger partial charge in [-0.15, -0.1) is 0 Å². The first-order valence-electron chi connectivity index (χ1n) is 5.32. The number of pyridine rings is 1. The summed E-state index contributed by atoms with van der Waals surface area (Å²) in [4.78, 5) is 15.3. The topological polar surface area (TPSA) is 68.7 Å². The minimum Gasteiger partial charge on any atom is -0.487 e. The van der Waals surface area contributed by atoms with E-state index in [0.29, 0.717) is 18.1 Å². The van der Waals surface area contributed by atoms with Gasteiger partial charge < -0.3 is 14.6 Å². The molecule has 0 fully saturated rings. The lowest BCUT2D eigenvalue weighted by molar-refractivity contribution is 0.0672. The minimum absolute atomic E-state index is 0.110. The number of carboxylic acid groups (broad SMARTS) is 1. The summed E-state index contributed by atoms with van der Waals surface area (Å²) in [5.74, 6) is -0.693. The van der Waals surface area contributed by atoms with E-state index < -0.39 is 5.97 Å². The molecule has 0 saturated heterocycles. The van der Waals surface area contributed by atoms with Gasteiger partial charge in [0.25, 0.3) is 0 Å². The molecule has 1 aromatic rings. The third-order valence-electron chi connectivity index (χ3n) is 2.24. The van der Waals surface area contributed by atoms with Gasteiger partial charge in [-0.2, -0.15) is 0 Å². The molecule has 1 N–H and O–H groups in total. The second-order valence-electron chi connectivity index (χ2n) is 3.91. The molecular formula is C12H17NO4. The third kappa shape index (κ3) is 3.42. The zero-order valence-electron chi connectivity index (χ0n) is 10.5. The number of ether oxygens (including phenoxy) is 2. The summed E-state index contributed by atoms with van der Waals surface area (Å²) in [5, 5.41) is 9.13. The maximum atomic E-state index is 11.1. The van der Waals surface area contributed by atoms with E-state index >= 15 is 0 Å². The van der Waals surface area contributed by atoms with Gasteiger partial charge in [0.05, 0.1) is 12.3 Å². The van der Waals surface area contributed by atoms with Crippen LogP contribution in [-0.2, 0) is 4.74 Å². The van der Waals surface area contributed by atoms with Gasteiger partial charge in [0, 0.05) is 18.9 Å². The minimum atomic E-state index is -1.03. The monoisotopic (exact) mass is 239 g/mol. The predicted octanol–water partition coefficient (Wildman–Crippen LogP) is 1.81. The quantitative estimate of drug-likeness (QED) is 0.848. The van der Waals surface area contributed by atoms with E-state index in [1.807, 2.05) is 6.92 Å². The van der Waals surface area contributed by atoms with Gasteiger partial charge in [-0.05, 0) is 20.8 Å². The van der Waals surface area contributed by atoms with Crippen molar-refractivity contribution in [2.75, 3.05) is 13.7 Å². The van der Waals surface area contributed by atoms with Gasteiger partial charge in [-0.25, -0.2) is 4.79 Å². The van der Waals surface area contributed by atoms with E-state index in [2.05, 4.69) is 4.98 Å². The summed E-state index contributed by atoms with van der Waals surface area (Å²) in [5.41, 5.74) is 1.29. The van der Waals surface area contributed by atoms with Crippen molar-refractivity contribution in [2.24, 2.45) is 0 Å². The fourth-order valence-corrected chi connectivity index (χ4v) is 1.63. The highest BCUT2D eigenvalue weighted by Gasteiger charge is 2.18. The summed E-state index contributed by atoms with van der Waals surface area (Å²) < 4.78 is 10.5. The van der Waals surface area contributed by atoms with Gasteiger partial charge in [-0.3, -0.25) is 4.98 Å². The van der Waals surface area contributed by atoms with Crippen LogP contribution in [0, 0.1) is 13.8 Å². The Morgan fingerprint density at radius 1 is 1.53 bits per heavy atom. The van der Waals surface area contributed by atoms with Gasteiger partial charge in [-0.1, -0.05) is 0 Å². The van der Waals surface area contributed by atoms with Gasteiger partial charge in [0.2, 0.25) is 0 Å². The molecule has 0 aliphatic rings. The second-order valence-corrected chi connectivity index (χ2v) is 3.91. The Hall–Kier alpha value is -1.62. The average molecular weight is 239 g/mol. The molecule has 0 bridgehead atoms. The summed E-state index contributed by atoms with van der Waals surface area (Å²) >= 11 is 0. The molecule has 1 unspecified atom stereocenters. The largest absolute Gasteiger partial charge is 0.487 e. The highest BCUT2D eigenvalue weighted by Crippen LogP contribution is 2.23. The van der Waals surface area contributed by atoms with E-state index in [1.54, 1.807) is 27.0 Å². The van der Waals surface area contributed by atoms with Gasteiger partial charge in [0.1, 0.15) is 17.4 Å². The van der Waals surface area contributed by atoms with Crippen LogP contribution >= 0.6 is 0 Å². The van der Waals surface area contributed by atoms with Crippen molar-refractivity contribution in [1.82, 2.24) is 4.98 Å². The van der Waals surface area contributed by atoms with Crippen LogP contribution < -0.4 is 4.74 Å². The molecule has 94 valence electrons. The Balaban J connectivity index is 3.08. The molecule has 0 aromatic carbocycles. The molecule has 0 saturated carbocycles. The maximum absolute atomic E-state index is 11.1. The zero-order valence-corrected chi connectivity index (χ0v) is 10.5. The smallest absolute Gasteiger partial charge is 0.341 e. The van der Waals surface area contributed by atoms with Crippen molar-refractivity contribution in [3.05, 3.63) is 23.0 Å². The molecule has 0 amide bonds. The Kier molecular flexibility index (Phi) is 4.45. The number of aryl methyl sites for hydroxylation is 2. The first kappa shape index (κ1) is 13.4. The molecule has 1 rings (SSSR count). The third-order valence-corrected chi connectivity index (χ3v) is 2.24. The molecule has 1 aromatic heterocycles. The van der Waals surface area contributed by atoms with Gasteiger partial charge >= 0.3 is 5.97 Å². The van der Waals surface area contributed by atoms with Crippen LogP contribution in [0.1, 0.15) is 28.7 Å². The standard InChI is InChI=1S/C12H17NO4/c1-7-5-10(17-8(2)6-16-4)11(12(14)15)9(3)13-7/h5,8H,6H2,1-4H3,(H,14,15). The molecular weight excluding hydrogens is 222 g/mol. The number of carboxylic acids is 1. The first-order chi connectivity index (χ1) is 7.95. The number of hydrogen-bond donors (Lipinski definition) is 1. The van der Waals surface area contributed by atoms with Crippen LogP contribution in [0.3, 0.4) is 0 Å². The lowest BCUT2D eigenvalue weighted by atomic mass is 10.1. The van der Waals surface area contributed by atoms with E-state index in [9.17, 15) is 4.79 Å². The number of rotatable bonds is 5. The molecule has 5 nitrogen and oxygen atoms in total. The van der Waals surface area contributed by atoms with E-state index in [1.165, 1.54) is 0 Å². The molecule has 0 aliphatic heterocycles. The normalized spacial score (nSPS) is 12.2. The first-order valence-corrected chi connectivity index (χ1v) is 5.32. The van der Waals surface area contributed by atoms with Crippen LogP contribution in [0.15, 0.2) is 6.07 Å². The average Bonchev–Trinajstić information content (AvgIpc) is 2.15. The molecule has 0 aliphatic carbocycles. The van der Waals surface area contributed by atoms with E-state index in [-0.39, 0.29) is 11.7 Å². The summed E-state index contributed by atoms with van der Waals surface area (Å²) in [6.07, 6.45) is -0.209. The molecule has 5 heteroatoms. The highest BCUT2D eigenvalue weighted by atomic mass is 16.5. The van der Waals surface area contributed by atoms with Crippen molar-refractivity contribution < 1.29 is 19.4 Å². The van der Waals surface area contributed by atoms with E-state index in [0.717, 1.165) is 5.69 Å². The summed E-state index contributed by atoms with van der Waals surface area (Å²) in [6.45, 7) is 5.68. The molecule has 17 heavy (non-hydrogen) atoms. The fourth-order valence-electron chi connectivity index (χ4n) is 1.63. The molecule has 0 spiro atoms. The van der Waals surface area contributed by atoms with E-state index in [4.69, 9.17) is 14.6 Å². The van der Waals surface area contributed by atoms with Crippen LogP contribution in [0.25, 0.3) is 0 Å². The van der Waals surface area contributed by atoms with Crippen molar-refractivity contribution in [3.63, 3.8) is 0 Å². The Bertz CT molecular complexity index is 417. The SMILES string of the molecule is COCC(C)Oc1cc(C)nc(C)c1C(=O)O. The van der Waals surface area contributed by atoms with Crippen molar-refractivity contribution in [2.45, 2.75) is 26.9 Å². The Morgan fingerprint density at radius 2 is 2.18 bits per heavy atom.